The van der Waals surface area contributed by atoms with Gasteiger partial charge in [0, 0.05) is 0 Å². The van der Waals surface area contributed by atoms with Crippen LogP contribution in [0.3, 0.4) is 0 Å². The molecule has 0 N–H and O–H groups in total. The largest absolute Gasteiger partial charge is 0.105 e. The maximum atomic E-state index is 2.77. The Morgan fingerprint density at radius 2 is 1.39 bits per heavy atom. The van der Waals surface area contributed by atoms with Crippen molar-refractivity contribution in [1.82, 2.24) is 0 Å². The molecule has 88 valence electrons. The summed E-state index contributed by atoms with van der Waals surface area (Å²) >= 11 is 0. The van der Waals surface area contributed by atoms with Gasteiger partial charge in [0.1, 0.15) is 0 Å². The van der Waals surface area contributed by atoms with Crippen molar-refractivity contribution in [2.75, 3.05) is 0 Å². The first-order chi connectivity index (χ1) is 8.74. The zero-order valence-electron chi connectivity index (χ0n) is 10.4. The number of hydrogen-bond donors (Lipinski definition) is 0. The molecule has 0 amide bonds. The third kappa shape index (κ3) is 2.05. The molecule has 0 spiro atoms. The Morgan fingerprint density at radius 3 is 2.17 bits per heavy atom. The fourth-order valence-corrected chi connectivity index (χ4v) is 2.40. The van der Waals surface area contributed by atoms with Gasteiger partial charge >= 0.3 is 0 Å². The van der Waals surface area contributed by atoms with Crippen molar-refractivity contribution < 1.29 is 0 Å². The van der Waals surface area contributed by atoms with Crippen molar-refractivity contribution in [2.24, 2.45) is 0 Å². The maximum Gasteiger partial charge on any atom is -0.0178 e. The van der Waals surface area contributed by atoms with Crippen molar-refractivity contribution in [3.63, 3.8) is 0 Å². The van der Waals surface area contributed by atoms with Crippen LogP contribution in [0.5, 0.6) is 0 Å². The van der Waals surface area contributed by atoms with Gasteiger partial charge in [-0.2, -0.15) is 0 Å². The molecule has 0 aliphatic heterocycles. The summed E-state index contributed by atoms with van der Waals surface area (Å²) in [4.78, 5) is 0. The van der Waals surface area contributed by atoms with E-state index in [9.17, 15) is 0 Å². The van der Waals surface area contributed by atoms with E-state index in [1.807, 2.05) is 0 Å². The Kier molecular flexibility index (Phi) is 2.89. The van der Waals surface area contributed by atoms with Gasteiger partial charge in [-0.3, -0.25) is 0 Å². The van der Waals surface area contributed by atoms with Gasteiger partial charge in [-0.1, -0.05) is 54.6 Å². The lowest BCUT2D eigenvalue weighted by atomic mass is 10.00. The summed E-state index contributed by atoms with van der Waals surface area (Å²) in [6.07, 6.45) is 0. The first-order valence-corrected chi connectivity index (χ1v) is 6.67. The second-order valence-corrected chi connectivity index (χ2v) is 5.26. The molecule has 0 heterocycles. The molecule has 18 heavy (non-hydrogen) atoms. The highest BCUT2D eigenvalue weighted by molar-refractivity contribution is 7.27. The first-order valence-electron chi connectivity index (χ1n) is 6.09. The van der Waals surface area contributed by atoms with Gasteiger partial charge in [0.15, 0.2) is 0 Å². The minimum absolute atomic E-state index is 1.26. The minimum Gasteiger partial charge on any atom is -0.105 e. The molecule has 1 atom stereocenters. The van der Waals surface area contributed by atoms with E-state index in [2.05, 4.69) is 76.8 Å². The number of aryl methyl sites for hydroxylation is 1. The summed E-state index contributed by atoms with van der Waals surface area (Å²) < 4.78 is 0. The number of benzene rings is 3. The van der Waals surface area contributed by atoms with Crippen LogP contribution in [0, 0.1) is 6.92 Å². The zero-order valence-corrected chi connectivity index (χ0v) is 11.5. The SMILES string of the molecule is Cc1cc(-c2ccc3ccccc3c2)ccc1P. The Morgan fingerprint density at radius 1 is 0.722 bits per heavy atom. The fourth-order valence-electron chi connectivity index (χ4n) is 2.22. The number of rotatable bonds is 1. The van der Waals surface area contributed by atoms with E-state index in [0.717, 1.165) is 0 Å². The van der Waals surface area contributed by atoms with Crippen LogP contribution in [0.25, 0.3) is 21.9 Å². The van der Waals surface area contributed by atoms with E-state index < -0.39 is 0 Å². The van der Waals surface area contributed by atoms with Crippen LogP contribution in [0.1, 0.15) is 5.56 Å². The van der Waals surface area contributed by atoms with Crippen molar-refractivity contribution in [3.05, 3.63) is 66.2 Å². The molecule has 0 saturated heterocycles. The fraction of sp³-hybridized carbons (Fsp3) is 0.0588. The van der Waals surface area contributed by atoms with Gasteiger partial charge in [-0.25, -0.2) is 0 Å². The lowest BCUT2D eigenvalue weighted by molar-refractivity contribution is 1.51. The monoisotopic (exact) mass is 250 g/mol. The predicted octanol–water partition coefficient (Wildman–Crippen LogP) is 4.32. The van der Waals surface area contributed by atoms with E-state index in [4.69, 9.17) is 0 Å². The molecule has 0 aliphatic carbocycles. The Bertz CT molecular complexity index is 714. The van der Waals surface area contributed by atoms with Crippen molar-refractivity contribution in [3.8, 4) is 11.1 Å². The second kappa shape index (κ2) is 4.55. The van der Waals surface area contributed by atoms with Crippen LogP contribution in [-0.4, -0.2) is 0 Å². The van der Waals surface area contributed by atoms with Crippen LogP contribution in [0.2, 0.25) is 0 Å². The molecule has 3 rings (SSSR count). The van der Waals surface area contributed by atoms with Crippen LogP contribution in [0.15, 0.2) is 60.7 Å². The van der Waals surface area contributed by atoms with Crippen molar-refractivity contribution in [1.29, 1.82) is 0 Å². The third-order valence-electron chi connectivity index (χ3n) is 3.35. The quantitative estimate of drug-likeness (QED) is 0.564. The highest BCUT2D eigenvalue weighted by Gasteiger charge is 2.01. The molecule has 0 nitrogen and oxygen atoms in total. The van der Waals surface area contributed by atoms with Gasteiger partial charge < -0.3 is 0 Å². The molecule has 0 aliphatic rings. The van der Waals surface area contributed by atoms with Crippen molar-refractivity contribution >= 4 is 25.3 Å². The molecule has 0 fully saturated rings. The summed E-state index contributed by atoms with van der Waals surface area (Å²) in [5.41, 5.74) is 3.87. The first kappa shape index (κ1) is 11.4. The van der Waals surface area contributed by atoms with Gasteiger partial charge in [0.05, 0.1) is 0 Å². The van der Waals surface area contributed by atoms with Crippen LogP contribution >= 0.6 is 9.24 Å². The zero-order chi connectivity index (χ0) is 12.5. The molecule has 0 radical (unpaired) electrons. The van der Waals surface area contributed by atoms with Gasteiger partial charge in [-0.05, 0) is 45.8 Å². The lowest BCUT2D eigenvalue weighted by Crippen LogP contribution is -1.95. The minimum atomic E-state index is 1.26. The summed E-state index contributed by atoms with van der Waals surface area (Å²) in [7, 11) is 2.77. The summed E-state index contributed by atoms with van der Waals surface area (Å²) in [6, 6.07) is 21.7. The Hall–Kier alpha value is -1.65. The molecule has 1 unspecified atom stereocenters. The summed E-state index contributed by atoms with van der Waals surface area (Å²) in [5.74, 6) is 0. The second-order valence-electron chi connectivity index (χ2n) is 4.63. The van der Waals surface area contributed by atoms with Gasteiger partial charge in [0.2, 0.25) is 0 Å². The van der Waals surface area contributed by atoms with E-state index in [0.29, 0.717) is 0 Å². The predicted molar refractivity (Wildman–Crippen MR) is 83.5 cm³/mol. The standard InChI is InChI=1S/C17H15P/c1-12-10-15(8-9-17(12)18)16-7-6-13-4-2-3-5-14(13)11-16/h2-11H,18H2,1H3. The van der Waals surface area contributed by atoms with Crippen LogP contribution < -0.4 is 5.30 Å². The van der Waals surface area contributed by atoms with Gasteiger partial charge in [0.25, 0.3) is 0 Å². The van der Waals surface area contributed by atoms with E-state index >= 15 is 0 Å². The highest BCUT2D eigenvalue weighted by atomic mass is 31.0. The lowest BCUT2D eigenvalue weighted by Gasteiger charge is -2.07. The molecule has 0 bridgehead atoms. The van der Waals surface area contributed by atoms with Crippen LogP contribution in [-0.2, 0) is 0 Å². The molecule has 0 saturated carbocycles. The molecule has 3 aromatic carbocycles. The van der Waals surface area contributed by atoms with Gasteiger partial charge in [-0.15, -0.1) is 9.24 Å². The maximum absolute atomic E-state index is 2.77. The van der Waals surface area contributed by atoms with E-state index in [1.165, 1.54) is 32.8 Å². The van der Waals surface area contributed by atoms with E-state index in [-0.39, 0.29) is 0 Å². The van der Waals surface area contributed by atoms with Crippen molar-refractivity contribution in [2.45, 2.75) is 6.92 Å². The molecule has 1 heteroatoms. The summed E-state index contributed by atoms with van der Waals surface area (Å²) in [5, 5.41) is 3.85. The topological polar surface area (TPSA) is 0 Å². The molecular formula is C17H15P. The molecular weight excluding hydrogens is 235 g/mol. The Balaban J connectivity index is 2.16. The Labute approximate surface area is 110 Å². The normalized spacial score (nSPS) is 10.8. The average molecular weight is 250 g/mol. The van der Waals surface area contributed by atoms with E-state index in [1.54, 1.807) is 0 Å². The van der Waals surface area contributed by atoms with Crippen LogP contribution in [0.4, 0.5) is 0 Å². The third-order valence-corrected chi connectivity index (χ3v) is 4.00. The summed E-state index contributed by atoms with van der Waals surface area (Å²) in [6.45, 7) is 2.15. The molecule has 3 aromatic rings. The highest BCUT2D eigenvalue weighted by Crippen LogP contribution is 2.24. The average Bonchev–Trinajstić information content (AvgIpc) is 2.41. The molecule has 0 aromatic heterocycles. The number of fused-ring (bicyclic) bond motifs is 1. The smallest absolute Gasteiger partial charge is 0.0178 e. The number of hydrogen-bond acceptors (Lipinski definition) is 0.